The van der Waals surface area contributed by atoms with Gasteiger partial charge in [-0.3, -0.25) is 4.79 Å². The summed E-state index contributed by atoms with van der Waals surface area (Å²) < 4.78 is 10.4. The van der Waals surface area contributed by atoms with Crippen molar-refractivity contribution in [3.05, 3.63) is 29.8 Å². The highest BCUT2D eigenvalue weighted by atomic mass is 16.5. The van der Waals surface area contributed by atoms with Crippen LogP contribution in [0.25, 0.3) is 0 Å². The molecule has 1 aromatic carbocycles. The Labute approximate surface area is 114 Å². The summed E-state index contributed by atoms with van der Waals surface area (Å²) in [4.78, 5) is 13.9. The van der Waals surface area contributed by atoms with Gasteiger partial charge in [-0.2, -0.15) is 0 Å². The zero-order valence-electron chi connectivity index (χ0n) is 11.6. The molecule has 104 valence electrons. The molecule has 0 saturated carbocycles. The summed E-state index contributed by atoms with van der Waals surface area (Å²) in [5.41, 5.74) is 1.17. The predicted molar refractivity (Wildman–Crippen MR) is 73.2 cm³/mol. The van der Waals surface area contributed by atoms with Gasteiger partial charge in [0.05, 0.1) is 12.6 Å². The van der Waals surface area contributed by atoms with Gasteiger partial charge in [0, 0.05) is 13.7 Å². The molecule has 1 aliphatic heterocycles. The van der Waals surface area contributed by atoms with Crippen molar-refractivity contribution >= 4 is 5.91 Å². The Bertz CT molecular complexity index is 416. The number of methoxy groups -OCH3 is 1. The van der Waals surface area contributed by atoms with Gasteiger partial charge in [0.2, 0.25) is 5.91 Å². The minimum atomic E-state index is 0.0684. The molecular formula is C15H21NO3. The fourth-order valence-corrected chi connectivity index (χ4v) is 2.57. The van der Waals surface area contributed by atoms with Crippen molar-refractivity contribution in [1.82, 2.24) is 4.90 Å². The van der Waals surface area contributed by atoms with Gasteiger partial charge >= 0.3 is 0 Å². The number of likely N-dealkylation sites (tertiary alicyclic amines) is 1. The Morgan fingerprint density at radius 2 is 2.11 bits per heavy atom. The number of hydrogen-bond acceptors (Lipinski definition) is 3. The molecule has 0 spiro atoms. The van der Waals surface area contributed by atoms with E-state index in [0.717, 1.165) is 25.1 Å². The highest BCUT2D eigenvalue weighted by molar-refractivity contribution is 5.78. The smallest absolute Gasteiger partial charge is 0.249 e. The molecule has 19 heavy (non-hydrogen) atoms. The average molecular weight is 263 g/mol. The van der Waals surface area contributed by atoms with Crippen molar-refractivity contribution in [3.63, 3.8) is 0 Å². The van der Waals surface area contributed by atoms with Gasteiger partial charge in [-0.15, -0.1) is 0 Å². The fourth-order valence-electron chi connectivity index (χ4n) is 2.57. The van der Waals surface area contributed by atoms with E-state index in [9.17, 15) is 4.79 Å². The average Bonchev–Trinajstić information content (AvgIpc) is 2.89. The van der Waals surface area contributed by atoms with Gasteiger partial charge in [-0.1, -0.05) is 12.1 Å². The molecule has 0 unspecified atom stereocenters. The Morgan fingerprint density at radius 1 is 1.37 bits per heavy atom. The number of carbonyl (C=O) groups excluding carboxylic acids is 1. The number of hydrogen-bond donors (Lipinski definition) is 0. The van der Waals surface area contributed by atoms with Crippen molar-refractivity contribution in [3.8, 4) is 5.75 Å². The molecule has 0 aliphatic carbocycles. The Balaban J connectivity index is 2.09. The van der Waals surface area contributed by atoms with Crippen molar-refractivity contribution in [2.24, 2.45) is 0 Å². The molecule has 2 rings (SSSR count). The quantitative estimate of drug-likeness (QED) is 0.818. The van der Waals surface area contributed by atoms with Gasteiger partial charge in [0.15, 0.2) is 0 Å². The molecule has 0 aromatic heterocycles. The zero-order valence-corrected chi connectivity index (χ0v) is 11.6. The number of ether oxygens (including phenoxy) is 2. The van der Waals surface area contributed by atoms with Gasteiger partial charge in [0.25, 0.3) is 0 Å². The molecule has 1 heterocycles. The normalized spacial score (nSPS) is 18.6. The summed E-state index contributed by atoms with van der Waals surface area (Å²) in [6.45, 7) is 3.62. The molecule has 4 heteroatoms. The molecular weight excluding hydrogens is 242 g/mol. The van der Waals surface area contributed by atoms with Crippen LogP contribution >= 0.6 is 0 Å². The lowest BCUT2D eigenvalue weighted by Gasteiger charge is -2.25. The second kappa shape index (κ2) is 6.57. The van der Waals surface area contributed by atoms with Crippen LogP contribution in [0.15, 0.2) is 24.3 Å². The molecule has 4 nitrogen and oxygen atoms in total. The van der Waals surface area contributed by atoms with Crippen LogP contribution in [0.1, 0.15) is 31.4 Å². The van der Waals surface area contributed by atoms with E-state index in [-0.39, 0.29) is 18.6 Å². The third kappa shape index (κ3) is 3.26. The number of rotatable bonds is 5. The molecule has 0 N–H and O–H groups in total. The second-order valence-corrected chi connectivity index (χ2v) is 4.68. The first-order valence-corrected chi connectivity index (χ1v) is 6.77. The Morgan fingerprint density at radius 3 is 2.74 bits per heavy atom. The number of benzene rings is 1. The summed E-state index contributed by atoms with van der Waals surface area (Å²) >= 11 is 0. The van der Waals surface area contributed by atoms with Crippen LogP contribution in [0.3, 0.4) is 0 Å². The van der Waals surface area contributed by atoms with Crippen LogP contribution in [0, 0.1) is 0 Å². The summed E-state index contributed by atoms with van der Waals surface area (Å²) in [6, 6.07) is 8.22. The maximum absolute atomic E-state index is 12.0. The van der Waals surface area contributed by atoms with Crippen LogP contribution in [0.2, 0.25) is 0 Å². The SMILES string of the molecule is CCOc1ccc([C@@H]2CCCN2C(=O)COC)cc1. The van der Waals surface area contributed by atoms with Crippen molar-refractivity contribution in [2.45, 2.75) is 25.8 Å². The fraction of sp³-hybridized carbons (Fsp3) is 0.533. The predicted octanol–water partition coefficient (Wildman–Crippen LogP) is 2.40. The monoisotopic (exact) mass is 263 g/mol. The molecule has 1 aliphatic rings. The van der Waals surface area contributed by atoms with Crippen molar-refractivity contribution in [2.75, 3.05) is 26.9 Å². The van der Waals surface area contributed by atoms with E-state index < -0.39 is 0 Å². The van der Waals surface area contributed by atoms with Crippen molar-refractivity contribution < 1.29 is 14.3 Å². The molecule has 1 aromatic rings. The lowest BCUT2D eigenvalue weighted by Crippen LogP contribution is -2.33. The van der Waals surface area contributed by atoms with E-state index in [0.29, 0.717) is 6.61 Å². The van der Waals surface area contributed by atoms with E-state index in [1.807, 2.05) is 36.1 Å². The first-order valence-electron chi connectivity index (χ1n) is 6.77. The van der Waals surface area contributed by atoms with Gasteiger partial charge in [0.1, 0.15) is 12.4 Å². The Kier molecular flexibility index (Phi) is 4.80. The molecule has 1 atom stereocenters. The lowest BCUT2D eigenvalue weighted by molar-refractivity contribution is -0.136. The van der Waals surface area contributed by atoms with Crippen LogP contribution in [-0.4, -0.2) is 37.7 Å². The standard InChI is InChI=1S/C15H21NO3/c1-3-19-13-8-6-12(7-9-13)14-5-4-10-16(14)15(17)11-18-2/h6-9,14H,3-5,10-11H2,1-2H3/t14-/m0/s1. The van der Waals surface area contributed by atoms with Crippen LogP contribution in [0.4, 0.5) is 0 Å². The first-order chi connectivity index (χ1) is 9.26. The molecule has 1 fully saturated rings. The summed E-state index contributed by atoms with van der Waals surface area (Å²) in [7, 11) is 1.56. The maximum atomic E-state index is 12.0. The lowest BCUT2D eigenvalue weighted by atomic mass is 10.0. The summed E-state index contributed by atoms with van der Waals surface area (Å²) in [6.07, 6.45) is 2.07. The topological polar surface area (TPSA) is 38.8 Å². The maximum Gasteiger partial charge on any atom is 0.249 e. The van der Waals surface area contributed by atoms with E-state index in [1.54, 1.807) is 7.11 Å². The van der Waals surface area contributed by atoms with E-state index in [1.165, 1.54) is 5.56 Å². The van der Waals surface area contributed by atoms with Gasteiger partial charge < -0.3 is 14.4 Å². The minimum Gasteiger partial charge on any atom is -0.494 e. The number of amides is 1. The van der Waals surface area contributed by atoms with E-state index in [4.69, 9.17) is 9.47 Å². The first kappa shape index (κ1) is 13.9. The van der Waals surface area contributed by atoms with E-state index in [2.05, 4.69) is 0 Å². The van der Waals surface area contributed by atoms with Crippen LogP contribution in [0.5, 0.6) is 5.75 Å². The minimum absolute atomic E-state index is 0.0684. The van der Waals surface area contributed by atoms with Crippen LogP contribution < -0.4 is 4.74 Å². The van der Waals surface area contributed by atoms with Gasteiger partial charge in [-0.05, 0) is 37.5 Å². The molecule has 0 radical (unpaired) electrons. The van der Waals surface area contributed by atoms with E-state index >= 15 is 0 Å². The Hall–Kier alpha value is -1.55. The highest BCUT2D eigenvalue weighted by Crippen LogP contribution is 2.32. The third-order valence-corrected chi connectivity index (χ3v) is 3.42. The number of nitrogens with zero attached hydrogens (tertiary/aromatic N) is 1. The molecule has 1 amide bonds. The summed E-state index contributed by atoms with van der Waals surface area (Å²) in [5, 5.41) is 0. The molecule has 1 saturated heterocycles. The highest BCUT2D eigenvalue weighted by Gasteiger charge is 2.29. The third-order valence-electron chi connectivity index (χ3n) is 3.42. The molecule has 0 bridgehead atoms. The number of carbonyl (C=O) groups is 1. The second-order valence-electron chi connectivity index (χ2n) is 4.68. The largest absolute Gasteiger partial charge is 0.494 e. The zero-order chi connectivity index (χ0) is 13.7. The van der Waals surface area contributed by atoms with Crippen molar-refractivity contribution in [1.29, 1.82) is 0 Å². The van der Waals surface area contributed by atoms with Crippen LogP contribution in [-0.2, 0) is 9.53 Å². The van der Waals surface area contributed by atoms with Gasteiger partial charge in [-0.25, -0.2) is 0 Å². The summed E-state index contributed by atoms with van der Waals surface area (Å²) in [5.74, 6) is 0.942.